The first-order chi connectivity index (χ1) is 17.8. The second-order valence-electron chi connectivity index (χ2n) is 10.6. The molecule has 0 saturated heterocycles. The molecule has 1 N–H and O–H groups in total. The summed E-state index contributed by atoms with van der Waals surface area (Å²) in [5, 5.41) is 8.26. The van der Waals surface area contributed by atoms with E-state index in [1.165, 1.54) is 128 Å². The number of H-pyrrole nitrogens is 1. The molecule has 0 unspecified atom stereocenters. The Morgan fingerprint density at radius 1 is 0.556 bits per heavy atom. The van der Waals surface area contributed by atoms with E-state index in [1.807, 2.05) is 11.3 Å². The lowest BCUT2D eigenvalue weighted by molar-refractivity contribution is 0.667. The molecule has 0 spiro atoms. The van der Waals surface area contributed by atoms with E-state index in [9.17, 15) is 0 Å². The van der Waals surface area contributed by atoms with E-state index < -0.39 is 0 Å². The van der Waals surface area contributed by atoms with Crippen molar-refractivity contribution in [3.05, 3.63) is 71.8 Å². The van der Waals surface area contributed by atoms with Gasteiger partial charge in [-0.3, -0.25) is 0 Å². The number of thiophene rings is 1. The van der Waals surface area contributed by atoms with Crippen molar-refractivity contribution in [3.63, 3.8) is 0 Å². The van der Waals surface area contributed by atoms with Crippen molar-refractivity contribution in [1.29, 1.82) is 0 Å². The van der Waals surface area contributed by atoms with Crippen LogP contribution in [-0.4, -0.2) is 4.98 Å². The Bertz CT molecular complexity index is 1540. The number of fused-ring (bicyclic) bond motifs is 9. The van der Waals surface area contributed by atoms with Crippen LogP contribution in [0.4, 0.5) is 0 Å². The summed E-state index contributed by atoms with van der Waals surface area (Å²) in [6.45, 7) is 4.56. The van der Waals surface area contributed by atoms with Crippen LogP contribution in [0.2, 0.25) is 0 Å². The fourth-order valence-electron chi connectivity index (χ4n) is 5.93. The van der Waals surface area contributed by atoms with Gasteiger partial charge < -0.3 is 4.98 Å². The minimum Gasteiger partial charge on any atom is -0.354 e. The van der Waals surface area contributed by atoms with Crippen LogP contribution >= 0.6 is 11.3 Å². The average molecular weight is 492 g/mol. The molecule has 0 aliphatic rings. The van der Waals surface area contributed by atoms with Crippen LogP contribution in [0.1, 0.15) is 76.3 Å². The summed E-state index contributed by atoms with van der Waals surface area (Å²) >= 11 is 1.95. The van der Waals surface area contributed by atoms with Gasteiger partial charge in [-0.1, -0.05) is 88.8 Å². The van der Waals surface area contributed by atoms with Gasteiger partial charge in [-0.2, -0.15) is 0 Å². The van der Waals surface area contributed by atoms with Crippen LogP contribution in [-0.2, 0) is 12.8 Å². The molecule has 36 heavy (non-hydrogen) atoms. The number of nitrogens with one attached hydrogen (secondary N) is 1. The maximum absolute atomic E-state index is 3.77. The Kier molecular flexibility index (Phi) is 6.71. The molecule has 1 nitrogen and oxygen atoms in total. The monoisotopic (exact) mass is 491 g/mol. The highest BCUT2D eigenvalue weighted by Gasteiger charge is 2.13. The first kappa shape index (κ1) is 23.6. The smallest absolute Gasteiger partial charge is 0.0545 e. The standard InChI is InChI=1S/C34H37NS/c1-3-5-7-9-11-23-13-19-31-29(21-23)26-16-17-27-25(33(26)35-31)15-18-28-30-22-24(12-10-8-6-4-2)14-20-32(30)36-34(27)28/h13-22,35H,3-12H2,1-2H3. The number of benzene rings is 4. The average Bonchev–Trinajstić information content (AvgIpc) is 3.47. The number of aryl methyl sites for hydroxylation is 2. The summed E-state index contributed by atoms with van der Waals surface area (Å²) < 4.78 is 2.82. The van der Waals surface area contributed by atoms with Crippen molar-refractivity contribution < 1.29 is 0 Å². The lowest BCUT2D eigenvalue weighted by Gasteiger charge is -2.04. The highest BCUT2D eigenvalue weighted by molar-refractivity contribution is 7.26. The Labute approximate surface area is 218 Å². The van der Waals surface area contributed by atoms with Crippen molar-refractivity contribution in [2.24, 2.45) is 0 Å². The SMILES string of the molecule is CCCCCCc1ccc2[nH]c3c(ccc4c3ccc3c5cc(CCCCCC)ccc5sc34)c2c1. The minimum absolute atomic E-state index is 1.18. The third kappa shape index (κ3) is 4.30. The van der Waals surface area contributed by atoms with E-state index in [2.05, 4.69) is 79.5 Å². The molecule has 4 aromatic carbocycles. The zero-order valence-corrected chi connectivity index (χ0v) is 22.6. The van der Waals surface area contributed by atoms with Crippen LogP contribution in [0.5, 0.6) is 0 Å². The highest BCUT2D eigenvalue weighted by atomic mass is 32.1. The van der Waals surface area contributed by atoms with Gasteiger partial charge >= 0.3 is 0 Å². The maximum Gasteiger partial charge on any atom is 0.0545 e. The van der Waals surface area contributed by atoms with Gasteiger partial charge in [-0.25, -0.2) is 0 Å². The van der Waals surface area contributed by atoms with Crippen molar-refractivity contribution in [2.45, 2.75) is 78.1 Å². The molecule has 0 fully saturated rings. The summed E-state index contributed by atoms with van der Waals surface area (Å²) in [5.74, 6) is 0. The van der Waals surface area contributed by atoms with Crippen molar-refractivity contribution in [2.75, 3.05) is 0 Å². The number of hydrogen-bond donors (Lipinski definition) is 1. The van der Waals surface area contributed by atoms with E-state index in [1.54, 1.807) is 0 Å². The van der Waals surface area contributed by atoms with Crippen molar-refractivity contribution in [3.8, 4) is 0 Å². The Hall–Kier alpha value is -2.84. The van der Waals surface area contributed by atoms with Gasteiger partial charge in [0.15, 0.2) is 0 Å². The molecule has 0 atom stereocenters. The van der Waals surface area contributed by atoms with Gasteiger partial charge in [0, 0.05) is 47.2 Å². The second-order valence-corrected chi connectivity index (χ2v) is 11.6. The first-order valence-electron chi connectivity index (χ1n) is 14.1. The number of aromatic nitrogens is 1. The van der Waals surface area contributed by atoms with Crippen LogP contribution in [0.3, 0.4) is 0 Å². The van der Waals surface area contributed by atoms with Crippen LogP contribution in [0.15, 0.2) is 60.7 Å². The lowest BCUT2D eigenvalue weighted by atomic mass is 10.00. The van der Waals surface area contributed by atoms with Gasteiger partial charge in [0.25, 0.3) is 0 Å². The molecule has 0 aliphatic carbocycles. The molecule has 2 aromatic heterocycles. The number of rotatable bonds is 10. The normalized spacial score (nSPS) is 12.2. The van der Waals surface area contributed by atoms with Gasteiger partial charge in [0.05, 0.1) is 5.52 Å². The highest BCUT2D eigenvalue weighted by Crippen LogP contribution is 2.41. The molecule has 6 rings (SSSR count). The van der Waals surface area contributed by atoms with Crippen LogP contribution in [0, 0.1) is 0 Å². The summed E-state index contributed by atoms with van der Waals surface area (Å²) in [6.07, 6.45) is 12.9. The molecule has 0 amide bonds. The van der Waals surface area contributed by atoms with E-state index in [0.29, 0.717) is 0 Å². The first-order valence-corrected chi connectivity index (χ1v) is 14.9. The molecular formula is C34H37NS. The number of aromatic amines is 1. The summed E-state index contributed by atoms with van der Waals surface area (Å²) in [4.78, 5) is 3.77. The number of hydrogen-bond acceptors (Lipinski definition) is 1. The maximum atomic E-state index is 3.77. The molecule has 0 saturated carbocycles. The second kappa shape index (κ2) is 10.3. The minimum atomic E-state index is 1.18. The fraction of sp³-hybridized carbons (Fsp3) is 0.353. The predicted octanol–water partition coefficient (Wildman–Crippen LogP) is 11.1. The topological polar surface area (TPSA) is 15.8 Å². The molecule has 2 heteroatoms. The number of unbranched alkanes of at least 4 members (excludes halogenated alkanes) is 6. The lowest BCUT2D eigenvalue weighted by Crippen LogP contribution is -1.85. The molecule has 0 bridgehead atoms. The van der Waals surface area contributed by atoms with Crippen LogP contribution < -0.4 is 0 Å². The molecule has 0 aliphatic heterocycles. The summed E-state index contributed by atoms with van der Waals surface area (Å²) in [7, 11) is 0. The Balaban J connectivity index is 1.40. The van der Waals surface area contributed by atoms with E-state index in [4.69, 9.17) is 0 Å². The quantitative estimate of drug-likeness (QED) is 0.183. The zero-order chi connectivity index (χ0) is 24.5. The largest absolute Gasteiger partial charge is 0.354 e. The zero-order valence-electron chi connectivity index (χ0n) is 21.8. The molecule has 2 heterocycles. The van der Waals surface area contributed by atoms with E-state index in [-0.39, 0.29) is 0 Å². The molecule has 184 valence electrons. The summed E-state index contributed by atoms with van der Waals surface area (Å²) in [6, 6.07) is 23.6. The van der Waals surface area contributed by atoms with Crippen LogP contribution in [0.25, 0.3) is 52.8 Å². The van der Waals surface area contributed by atoms with E-state index in [0.717, 1.165) is 0 Å². The third-order valence-corrected chi connectivity index (χ3v) is 9.19. The van der Waals surface area contributed by atoms with Gasteiger partial charge in [-0.15, -0.1) is 11.3 Å². The van der Waals surface area contributed by atoms with Gasteiger partial charge in [-0.05, 0) is 61.1 Å². The van der Waals surface area contributed by atoms with Crippen molar-refractivity contribution >= 4 is 64.1 Å². The third-order valence-electron chi connectivity index (χ3n) is 7.97. The predicted molar refractivity (Wildman–Crippen MR) is 162 cm³/mol. The summed E-state index contributed by atoms with van der Waals surface area (Å²) in [5.41, 5.74) is 5.47. The molecular weight excluding hydrogens is 454 g/mol. The molecule has 6 aromatic rings. The van der Waals surface area contributed by atoms with E-state index >= 15 is 0 Å². The Morgan fingerprint density at radius 2 is 1.14 bits per heavy atom. The van der Waals surface area contributed by atoms with Gasteiger partial charge in [0.1, 0.15) is 0 Å². The van der Waals surface area contributed by atoms with Gasteiger partial charge in [0.2, 0.25) is 0 Å². The fourth-order valence-corrected chi connectivity index (χ4v) is 7.14. The Morgan fingerprint density at radius 3 is 1.83 bits per heavy atom. The van der Waals surface area contributed by atoms with Crippen molar-refractivity contribution in [1.82, 2.24) is 4.98 Å². The molecule has 0 radical (unpaired) electrons.